The van der Waals surface area contributed by atoms with E-state index in [0.29, 0.717) is 18.7 Å². The number of amides is 2. The second kappa shape index (κ2) is 9.05. The molecular formula is C21H26N4O4S2. The molecule has 2 aliphatic heterocycles. The van der Waals surface area contributed by atoms with Crippen molar-refractivity contribution in [3.8, 4) is 10.6 Å². The first-order valence-electron chi connectivity index (χ1n) is 10.5. The summed E-state index contributed by atoms with van der Waals surface area (Å²) in [4.78, 5) is 33.9. The number of carbonyl (C=O) groups is 2. The fraction of sp³-hybridized carbons (Fsp3) is 0.476. The Labute approximate surface area is 186 Å². The largest absolute Gasteiger partial charge is 0.341 e. The topological polar surface area (TPSA) is 99.7 Å². The van der Waals surface area contributed by atoms with Gasteiger partial charge in [0.1, 0.15) is 16.3 Å². The number of hydrogen-bond acceptors (Lipinski definition) is 6. The van der Waals surface area contributed by atoms with Gasteiger partial charge in [-0.05, 0) is 56.9 Å². The normalized spacial score (nSPS) is 20.8. The van der Waals surface area contributed by atoms with Crippen LogP contribution in [0.15, 0.2) is 40.7 Å². The third-order valence-electron chi connectivity index (χ3n) is 5.79. The molecule has 2 amide bonds. The summed E-state index contributed by atoms with van der Waals surface area (Å²) < 4.78 is 28.4. The Bertz CT molecular complexity index is 1050. The molecule has 10 heteroatoms. The lowest BCUT2D eigenvalue weighted by Crippen LogP contribution is -2.51. The van der Waals surface area contributed by atoms with Crippen LogP contribution in [0.5, 0.6) is 0 Å². The molecule has 0 radical (unpaired) electrons. The van der Waals surface area contributed by atoms with Gasteiger partial charge >= 0.3 is 0 Å². The predicted octanol–water partition coefficient (Wildman–Crippen LogP) is 2.09. The molecule has 166 valence electrons. The van der Waals surface area contributed by atoms with Crippen molar-refractivity contribution >= 4 is 33.2 Å². The summed E-state index contributed by atoms with van der Waals surface area (Å²) in [7, 11) is -3.86. The summed E-state index contributed by atoms with van der Waals surface area (Å²) >= 11 is 1.11. The Balaban J connectivity index is 1.42. The fourth-order valence-corrected chi connectivity index (χ4v) is 6.59. The number of aromatic nitrogens is 1. The fourth-order valence-electron chi connectivity index (χ4n) is 4.06. The van der Waals surface area contributed by atoms with Crippen LogP contribution in [0.25, 0.3) is 10.6 Å². The van der Waals surface area contributed by atoms with E-state index in [1.165, 1.54) is 11.0 Å². The summed E-state index contributed by atoms with van der Waals surface area (Å²) in [6.07, 6.45) is 5.08. The molecule has 2 aromatic heterocycles. The Hall–Kier alpha value is -2.30. The first kappa shape index (κ1) is 21.9. The third kappa shape index (κ3) is 4.65. The first-order chi connectivity index (χ1) is 14.9. The Morgan fingerprint density at radius 3 is 2.65 bits per heavy atom. The van der Waals surface area contributed by atoms with Crippen LogP contribution in [0.3, 0.4) is 0 Å². The number of pyridine rings is 1. The minimum Gasteiger partial charge on any atom is -0.341 e. The molecule has 2 aliphatic rings. The summed E-state index contributed by atoms with van der Waals surface area (Å²) in [6, 6.07) is 7.24. The van der Waals surface area contributed by atoms with Crippen LogP contribution in [-0.4, -0.2) is 66.7 Å². The molecule has 2 aromatic rings. The van der Waals surface area contributed by atoms with Crippen molar-refractivity contribution < 1.29 is 18.0 Å². The van der Waals surface area contributed by atoms with Gasteiger partial charge in [-0.25, -0.2) is 8.42 Å². The van der Waals surface area contributed by atoms with Gasteiger partial charge in [0.05, 0.1) is 10.6 Å². The second-order valence-electron chi connectivity index (χ2n) is 7.89. The van der Waals surface area contributed by atoms with Gasteiger partial charge in [0.15, 0.2) is 0 Å². The van der Waals surface area contributed by atoms with Gasteiger partial charge in [0.2, 0.25) is 11.8 Å². The molecular weight excluding hydrogens is 436 g/mol. The van der Waals surface area contributed by atoms with E-state index in [1.54, 1.807) is 25.3 Å². The monoisotopic (exact) mass is 462 g/mol. The van der Waals surface area contributed by atoms with Crippen LogP contribution >= 0.6 is 11.3 Å². The van der Waals surface area contributed by atoms with Gasteiger partial charge in [-0.1, -0.05) is 6.07 Å². The number of carbonyl (C=O) groups excluding carboxylic acids is 2. The van der Waals surface area contributed by atoms with E-state index in [2.05, 4.69) is 9.71 Å². The highest BCUT2D eigenvalue weighted by atomic mass is 32.2. The number of likely N-dealkylation sites (tertiary alicyclic amines) is 2. The van der Waals surface area contributed by atoms with Crippen LogP contribution in [-0.2, 0) is 19.6 Å². The number of piperidine rings is 1. The lowest BCUT2D eigenvalue weighted by Gasteiger charge is -2.32. The first-order valence-corrected chi connectivity index (χ1v) is 12.8. The van der Waals surface area contributed by atoms with Crippen LogP contribution < -0.4 is 4.72 Å². The minimum atomic E-state index is -3.86. The summed E-state index contributed by atoms with van der Waals surface area (Å²) in [5.41, 5.74) is 0.696. The van der Waals surface area contributed by atoms with E-state index in [1.807, 2.05) is 17.0 Å². The smallest absolute Gasteiger partial charge is 0.250 e. The van der Waals surface area contributed by atoms with Gasteiger partial charge in [0.25, 0.3) is 10.0 Å². The Morgan fingerprint density at radius 1 is 1.16 bits per heavy atom. The van der Waals surface area contributed by atoms with Crippen LogP contribution in [0, 0.1) is 0 Å². The molecule has 0 bridgehead atoms. The van der Waals surface area contributed by atoms with E-state index >= 15 is 0 Å². The molecule has 4 heterocycles. The van der Waals surface area contributed by atoms with Crippen molar-refractivity contribution in [1.29, 1.82) is 0 Å². The summed E-state index contributed by atoms with van der Waals surface area (Å²) in [5.74, 6) is -0.405. The Morgan fingerprint density at radius 2 is 1.94 bits per heavy atom. The molecule has 0 saturated carbocycles. The average molecular weight is 463 g/mol. The number of rotatable bonds is 6. The standard InChI is InChI=1S/C21H26N4O4S2/c1-15(20(26)24-12-5-2-6-13-24)25-14-10-17(21(25)27)23-31(28,29)19-9-8-18(30-19)16-7-3-4-11-22-16/h3-4,7-9,11,15,17,23H,2,5-6,10,12-14H2,1H3/t15-,17-/m0/s1. The lowest BCUT2D eigenvalue weighted by molar-refractivity contribution is -0.143. The highest BCUT2D eigenvalue weighted by Gasteiger charge is 2.40. The molecule has 31 heavy (non-hydrogen) atoms. The van der Waals surface area contributed by atoms with E-state index in [9.17, 15) is 18.0 Å². The summed E-state index contributed by atoms with van der Waals surface area (Å²) in [5, 5.41) is 0. The highest BCUT2D eigenvalue weighted by Crippen LogP contribution is 2.30. The minimum absolute atomic E-state index is 0.0604. The maximum atomic E-state index is 12.9. The molecule has 2 fully saturated rings. The zero-order valence-electron chi connectivity index (χ0n) is 17.4. The molecule has 0 aliphatic carbocycles. The van der Waals surface area contributed by atoms with Crippen LogP contribution in [0.1, 0.15) is 32.6 Å². The molecule has 0 aromatic carbocycles. The Kier molecular flexibility index (Phi) is 6.40. The predicted molar refractivity (Wildman–Crippen MR) is 118 cm³/mol. The number of thiophene rings is 1. The van der Waals surface area contributed by atoms with Gasteiger partial charge in [-0.3, -0.25) is 14.6 Å². The number of hydrogen-bond donors (Lipinski definition) is 1. The highest BCUT2D eigenvalue weighted by molar-refractivity contribution is 7.91. The molecule has 2 saturated heterocycles. The maximum Gasteiger partial charge on any atom is 0.250 e. The van der Waals surface area contributed by atoms with E-state index in [0.717, 1.165) is 48.6 Å². The molecule has 0 spiro atoms. The number of nitrogens with one attached hydrogen (secondary N) is 1. The molecule has 8 nitrogen and oxygen atoms in total. The SMILES string of the molecule is C[C@@H](C(=O)N1CCCCC1)N1CC[C@H](NS(=O)(=O)c2ccc(-c3ccccn3)s2)C1=O. The molecule has 1 N–H and O–H groups in total. The van der Waals surface area contributed by atoms with E-state index < -0.39 is 22.1 Å². The molecule has 2 atom stereocenters. The van der Waals surface area contributed by atoms with Crippen molar-refractivity contribution in [1.82, 2.24) is 19.5 Å². The van der Waals surface area contributed by atoms with Crippen molar-refractivity contribution in [2.24, 2.45) is 0 Å². The van der Waals surface area contributed by atoms with Crippen molar-refractivity contribution in [2.75, 3.05) is 19.6 Å². The van der Waals surface area contributed by atoms with E-state index in [-0.39, 0.29) is 16.0 Å². The van der Waals surface area contributed by atoms with E-state index in [4.69, 9.17) is 0 Å². The van der Waals surface area contributed by atoms with Crippen LogP contribution in [0.4, 0.5) is 0 Å². The number of sulfonamides is 1. The summed E-state index contributed by atoms with van der Waals surface area (Å²) in [6.45, 7) is 3.52. The van der Waals surface area contributed by atoms with Crippen molar-refractivity contribution in [3.05, 3.63) is 36.5 Å². The zero-order chi connectivity index (χ0) is 22.0. The van der Waals surface area contributed by atoms with Gasteiger partial charge in [-0.15, -0.1) is 11.3 Å². The van der Waals surface area contributed by atoms with Crippen molar-refractivity contribution in [3.63, 3.8) is 0 Å². The quantitative estimate of drug-likeness (QED) is 0.709. The van der Waals surface area contributed by atoms with Gasteiger partial charge in [-0.2, -0.15) is 4.72 Å². The molecule has 4 rings (SSSR count). The third-order valence-corrected chi connectivity index (χ3v) is 8.86. The van der Waals surface area contributed by atoms with Gasteiger partial charge in [0, 0.05) is 25.8 Å². The molecule has 0 unspecified atom stereocenters. The van der Waals surface area contributed by atoms with Crippen LogP contribution in [0.2, 0.25) is 0 Å². The second-order valence-corrected chi connectivity index (χ2v) is 10.9. The van der Waals surface area contributed by atoms with Gasteiger partial charge < -0.3 is 9.80 Å². The average Bonchev–Trinajstić information content (AvgIpc) is 3.42. The van der Waals surface area contributed by atoms with Crippen molar-refractivity contribution in [2.45, 2.75) is 48.9 Å². The lowest BCUT2D eigenvalue weighted by atomic mass is 10.1. The maximum absolute atomic E-state index is 12.9. The number of nitrogens with zero attached hydrogens (tertiary/aromatic N) is 3. The zero-order valence-corrected chi connectivity index (χ0v) is 19.0.